The van der Waals surface area contributed by atoms with Gasteiger partial charge in [-0.3, -0.25) is 4.98 Å². The van der Waals surface area contributed by atoms with E-state index in [1.54, 1.807) is 0 Å². The summed E-state index contributed by atoms with van der Waals surface area (Å²) < 4.78 is 51.3. The van der Waals surface area contributed by atoms with Crippen molar-refractivity contribution in [3.63, 3.8) is 0 Å². The van der Waals surface area contributed by atoms with Crippen molar-refractivity contribution in [1.82, 2.24) is 4.98 Å². The van der Waals surface area contributed by atoms with Crippen LogP contribution in [0.15, 0.2) is 30.5 Å². The van der Waals surface area contributed by atoms with Crippen molar-refractivity contribution < 1.29 is 17.6 Å². The van der Waals surface area contributed by atoms with Crippen LogP contribution in [0.25, 0.3) is 0 Å². The second kappa shape index (κ2) is 5.79. The van der Waals surface area contributed by atoms with Crippen LogP contribution in [0.5, 0.6) is 0 Å². The topological polar surface area (TPSA) is 38.9 Å². The summed E-state index contributed by atoms with van der Waals surface area (Å²) >= 11 is 11.6. The number of hydrogen-bond acceptors (Lipinski definition) is 2. The monoisotopic (exact) mass is 338 g/mol. The van der Waals surface area contributed by atoms with Gasteiger partial charge in [0.15, 0.2) is 0 Å². The Labute approximate surface area is 127 Å². The molecule has 1 unspecified atom stereocenters. The van der Waals surface area contributed by atoms with Crippen LogP contribution < -0.4 is 5.73 Å². The van der Waals surface area contributed by atoms with Gasteiger partial charge in [-0.2, -0.15) is 13.2 Å². The fourth-order valence-electron chi connectivity index (χ4n) is 1.77. The molecule has 0 radical (unpaired) electrons. The first-order valence-corrected chi connectivity index (χ1v) is 6.39. The van der Waals surface area contributed by atoms with Crippen molar-refractivity contribution in [3.05, 3.63) is 63.1 Å². The standard InChI is InChI=1S/C13H8Cl2F4N2/c14-7-4-9(15)12(21-5-7)11(20)6-1-2-10(16)8(3-6)13(17,18)19/h1-5,11H,20H2. The number of nitrogens with two attached hydrogens (primary N) is 1. The SMILES string of the molecule is NC(c1ccc(F)c(C(F)(F)F)c1)c1ncc(Cl)cc1Cl. The van der Waals surface area contributed by atoms with E-state index < -0.39 is 23.6 Å². The molecule has 0 saturated carbocycles. The van der Waals surface area contributed by atoms with E-state index >= 15 is 0 Å². The predicted molar refractivity (Wildman–Crippen MR) is 71.7 cm³/mol. The number of pyridine rings is 1. The smallest absolute Gasteiger partial charge is 0.319 e. The summed E-state index contributed by atoms with van der Waals surface area (Å²) in [5, 5.41) is 0.388. The fraction of sp³-hybridized carbons (Fsp3) is 0.154. The van der Waals surface area contributed by atoms with Crippen molar-refractivity contribution in [3.8, 4) is 0 Å². The lowest BCUT2D eigenvalue weighted by atomic mass is 10.0. The summed E-state index contributed by atoms with van der Waals surface area (Å²) in [6, 6.07) is 2.85. The molecule has 21 heavy (non-hydrogen) atoms. The maximum atomic E-state index is 13.2. The molecule has 2 N–H and O–H groups in total. The number of halogens is 6. The minimum absolute atomic E-state index is 0.0421. The maximum absolute atomic E-state index is 13.2. The second-order valence-corrected chi connectivity index (χ2v) is 5.08. The summed E-state index contributed by atoms with van der Waals surface area (Å²) in [7, 11) is 0. The predicted octanol–water partition coefficient (Wildman–Crippen LogP) is 4.59. The Hall–Kier alpha value is -1.37. The lowest BCUT2D eigenvalue weighted by Gasteiger charge is -2.16. The van der Waals surface area contributed by atoms with Gasteiger partial charge in [0.2, 0.25) is 0 Å². The Morgan fingerprint density at radius 1 is 1.14 bits per heavy atom. The first-order chi connectivity index (χ1) is 9.70. The van der Waals surface area contributed by atoms with E-state index in [0.717, 1.165) is 6.07 Å². The van der Waals surface area contributed by atoms with Gasteiger partial charge in [-0.15, -0.1) is 0 Å². The first kappa shape index (κ1) is 16.0. The Balaban J connectivity index is 2.46. The summed E-state index contributed by atoms with van der Waals surface area (Å²) in [6.07, 6.45) is -3.53. The molecule has 0 spiro atoms. The zero-order chi connectivity index (χ0) is 15.8. The normalized spacial score (nSPS) is 13.3. The number of aromatic nitrogens is 1. The summed E-state index contributed by atoms with van der Waals surface area (Å²) in [6.45, 7) is 0. The van der Waals surface area contributed by atoms with Crippen molar-refractivity contribution in [2.75, 3.05) is 0 Å². The highest BCUT2D eigenvalue weighted by molar-refractivity contribution is 6.34. The molecule has 0 bridgehead atoms. The molecule has 0 aliphatic heterocycles. The molecule has 1 aromatic carbocycles. The molecular formula is C13H8Cl2F4N2. The lowest BCUT2D eigenvalue weighted by molar-refractivity contribution is -0.140. The van der Waals surface area contributed by atoms with Crippen LogP contribution in [-0.4, -0.2) is 4.98 Å². The van der Waals surface area contributed by atoms with Gasteiger partial charge < -0.3 is 5.73 Å². The minimum atomic E-state index is -4.81. The van der Waals surface area contributed by atoms with Gasteiger partial charge in [0.1, 0.15) is 5.82 Å². The van der Waals surface area contributed by atoms with E-state index in [-0.39, 0.29) is 21.3 Å². The molecule has 0 fully saturated rings. The lowest BCUT2D eigenvalue weighted by Crippen LogP contribution is -2.16. The molecule has 0 aliphatic carbocycles. The Morgan fingerprint density at radius 2 is 1.81 bits per heavy atom. The Morgan fingerprint density at radius 3 is 2.38 bits per heavy atom. The van der Waals surface area contributed by atoms with Gasteiger partial charge in [-0.05, 0) is 23.8 Å². The van der Waals surface area contributed by atoms with E-state index in [0.29, 0.717) is 12.1 Å². The zero-order valence-electron chi connectivity index (χ0n) is 10.3. The van der Waals surface area contributed by atoms with Gasteiger partial charge in [-0.1, -0.05) is 29.3 Å². The summed E-state index contributed by atoms with van der Waals surface area (Å²) in [5.74, 6) is -1.37. The van der Waals surface area contributed by atoms with E-state index in [1.165, 1.54) is 12.3 Å². The van der Waals surface area contributed by atoms with Gasteiger partial charge >= 0.3 is 6.18 Å². The van der Waals surface area contributed by atoms with Crippen LogP contribution in [0.4, 0.5) is 17.6 Å². The quantitative estimate of drug-likeness (QED) is 0.813. The average Bonchev–Trinajstić information content (AvgIpc) is 2.37. The summed E-state index contributed by atoms with van der Waals surface area (Å²) in [5.41, 5.74) is 4.66. The third kappa shape index (κ3) is 3.45. The molecule has 0 amide bonds. The highest BCUT2D eigenvalue weighted by atomic mass is 35.5. The van der Waals surface area contributed by atoms with Crippen LogP contribution >= 0.6 is 23.2 Å². The Bertz CT molecular complexity index is 674. The largest absolute Gasteiger partial charge is 0.419 e. The number of benzene rings is 1. The van der Waals surface area contributed by atoms with Crippen LogP contribution in [0.2, 0.25) is 10.0 Å². The second-order valence-electron chi connectivity index (χ2n) is 4.24. The van der Waals surface area contributed by atoms with E-state index in [2.05, 4.69) is 4.98 Å². The number of nitrogens with zero attached hydrogens (tertiary/aromatic N) is 1. The van der Waals surface area contributed by atoms with Crippen molar-refractivity contribution in [1.29, 1.82) is 0 Å². The van der Waals surface area contributed by atoms with Crippen molar-refractivity contribution in [2.45, 2.75) is 12.2 Å². The molecule has 2 rings (SSSR count). The molecule has 0 aliphatic rings. The average molecular weight is 339 g/mol. The molecule has 0 saturated heterocycles. The van der Waals surface area contributed by atoms with Gasteiger partial charge in [0.05, 0.1) is 27.3 Å². The molecule has 8 heteroatoms. The van der Waals surface area contributed by atoms with E-state index in [9.17, 15) is 17.6 Å². The van der Waals surface area contributed by atoms with Crippen LogP contribution in [-0.2, 0) is 6.18 Å². The molecule has 1 aromatic heterocycles. The zero-order valence-corrected chi connectivity index (χ0v) is 11.8. The van der Waals surface area contributed by atoms with Gasteiger partial charge in [-0.25, -0.2) is 4.39 Å². The first-order valence-electron chi connectivity index (χ1n) is 5.63. The van der Waals surface area contributed by atoms with Crippen LogP contribution in [0.1, 0.15) is 22.9 Å². The molecular weight excluding hydrogens is 331 g/mol. The minimum Gasteiger partial charge on any atom is -0.319 e. The maximum Gasteiger partial charge on any atom is 0.419 e. The van der Waals surface area contributed by atoms with Crippen molar-refractivity contribution >= 4 is 23.2 Å². The molecule has 1 atom stereocenters. The van der Waals surface area contributed by atoms with Crippen molar-refractivity contribution in [2.24, 2.45) is 5.73 Å². The van der Waals surface area contributed by atoms with Gasteiger partial charge in [0.25, 0.3) is 0 Å². The highest BCUT2D eigenvalue weighted by Crippen LogP contribution is 2.34. The number of alkyl halides is 3. The number of rotatable bonds is 2. The third-order valence-electron chi connectivity index (χ3n) is 2.79. The molecule has 1 heterocycles. The van der Waals surface area contributed by atoms with E-state index in [1.807, 2.05) is 0 Å². The molecule has 2 nitrogen and oxygen atoms in total. The number of hydrogen-bond donors (Lipinski definition) is 1. The fourth-order valence-corrected chi connectivity index (χ4v) is 2.26. The molecule has 2 aromatic rings. The summed E-state index contributed by atoms with van der Waals surface area (Å²) in [4.78, 5) is 3.90. The van der Waals surface area contributed by atoms with Crippen LogP contribution in [0, 0.1) is 5.82 Å². The molecule has 112 valence electrons. The Kier molecular flexibility index (Phi) is 4.41. The third-order valence-corrected chi connectivity index (χ3v) is 3.30. The van der Waals surface area contributed by atoms with Crippen LogP contribution in [0.3, 0.4) is 0 Å². The van der Waals surface area contributed by atoms with Gasteiger partial charge in [0, 0.05) is 6.20 Å². The van der Waals surface area contributed by atoms with E-state index in [4.69, 9.17) is 28.9 Å². The highest BCUT2D eigenvalue weighted by Gasteiger charge is 2.34.